The topological polar surface area (TPSA) is 97.8 Å². The van der Waals surface area contributed by atoms with Crippen LogP contribution in [0.5, 0.6) is 0 Å². The number of hydrogen-bond donors (Lipinski definition) is 3. The van der Waals surface area contributed by atoms with Crippen LogP contribution in [0.1, 0.15) is 70.1 Å². The third-order valence-electron chi connectivity index (χ3n) is 6.81. The number of nitrogens with zero attached hydrogens (tertiary/aromatic N) is 3. The van der Waals surface area contributed by atoms with E-state index < -0.39 is 12.0 Å². The van der Waals surface area contributed by atoms with Gasteiger partial charge in [-0.05, 0) is 64.6 Å². The van der Waals surface area contributed by atoms with Crippen molar-refractivity contribution in [3.63, 3.8) is 0 Å². The fourth-order valence-corrected chi connectivity index (χ4v) is 5.16. The first-order valence-corrected chi connectivity index (χ1v) is 12.6. The van der Waals surface area contributed by atoms with Gasteiger partial charge in [0, 0.05) is 37.4 Å². The summed E-state index contributed by atoms with van der Waals surface area (Å²) in [5, 5.41) is 15.7. The maximum atomic E-state index is 12.8. The lowest BCUT2D eigenvalue weighted by atomic mass is 10.0. The van der Waals surface area contributed by atoms with Gasteiger partial charge in [0.2, 0.25) is 0 Å². The molecule has 1 aromatic rings. The number of carboxylic acids is 1. The van der Waals surface area contributed by atoms with E-state index in [9.17, 15) is 14.7 Å². The summed E-state index contributed by atoms with van der Waals surface area (Å²) in [6.45, 7) is 6.63. The zero-order chi connectivity index (χ0) is 23.8. The number of anilines is 1. The number of carbonyl (C=O) groups is 2. The maximum absolute atomic E-state index is 12.8. The van der Waals surface area contributed by atoms with Gasteiger partial charge in [0.15, 0.2) is 0 Å². The van der Waals surface area contributed by atoms with Gasteiger partial charge in [-0.1, -0.05) is 31.7 Å². The number of unbranched alkanes of at least 4 members (excludes halogenated alkanes) is 4. The molecule has 1 aromatic heterocycles. The number of carboxylic acid groups (broad SMARTS) is 1. The highest BCUT2D eigenvalue weighted by Crippen LogP contribution is 2.21. The Balaban J connectivity index is 1.33. The van der Waals surface area contributed by atoms with Crippen molar-refractivity contribution in [1.29, 1.82) is 0 Å². The van der Waals surface area contributed by atoms with Gasteiger partial charge in [0.25, 0.3) is 0 Å². The number of carbonyl (C=O) groups excluding carboxylic acids is 1. The number of aryl methyl sites for hydroxylation is 2. The van der Waals surface area contributed by atoms with Crippen molar-refractivity contribution >= 4 is 17.8 Å². The minimum absolute atomic E-state index is 0.0635. The molecule has 3 atom stereocenters. The van der Waals surface area contributed by atoms with E-state index in [1.54, 1.807) is 4.90 Å². The van der Waals surface area contributed by atoms with Crippen LogP contribution in [-0.4, -0.2) is 76.7 Å². The highest BCUT2D eigenvalue weighted by atomic mass is 16.4. The lowest BCUT2D eigenvalue weighted by Gasteiger charge is -2.43. The molecular weight excluding hydrogens is 418 g/mol. The molecule has 2 amide bonds. The van der Waals surface area contributed by atoms with Crippen LogP contribution in [0, 0.1) is 0 Å². The maximum Gasteiger partial charge on any atom is 0.326 e. The van der Waals surface area contributed by atoms with E-state index in [-0.39, 0.29) is 18.1 Å². The van der Waals surface area contributed by atoms with E-state index in [1.807, 2.05) is 20.9 Å². The first-order chi connectivity index (χ1) is 15.8. The van der Waals surface area contributed by atoms with E-state index in [0.717, 1.165) is 76.1 Å². The van der Waals surface area contributed by atoms with Crippen LogP contribution in [0.15, 0.2) is 12.1 Å². The predicted molar refractivity (Wildman–Crippen MR) is 131 cm³/mol. The number of piperazine rings is 1. The Morgan fingerprint density at radius 2 is 1.85 bits per heavy atom. The van der Waals surface area contributed by atoms with E-state index in [4.69, 9.17) is 4.98 Å². The van der Waals surface area contributed by atoms with Crippen LogP contribution in [0.2, 0.25) is 0 Å². The monoisotopic (exact) mass is 459 g/mol. The Hall–Kier alpha value is -2.35. The second-order valence-electron chi connectivity index (χ2n) is 9.81. The minimum Gasteiger partial charge on any atom is -0.480 e. The van der Waals surface area contributed by atoms with E-state index in [1.165, 1.54) is 12.0 Å². The molecule has 0 spiro atoms. The summed E-state index contributed by atoms with van der Waals surface area (Å²) in [7, 11) is 2.04. The largest absolute Gasteiger partial charge is 0.480 e. The average Bonchev–Trinajstić information content (AvgIpc) is 2.76. The third kappa shape index (κ3) is 7.32. The highest BCUT2D eigenvalue weighted by Gasteiger charge is 2.33. The molecule has 1 fully saturated rings. The summed E-state index contributed by atoms with van der Waals surface area (Å²) in [5.74, 6) is 0.103. The molecule has 0 bridgehead atoms. The zero-order valence-corrected chi connectivity index (χ0v) is 20.5. The quantitative estimate of drug-likeness (QED) is 0.463. The standard InChI is InChI=1S/C25H41N5O3/c1-18-16-29(3)17-19(2)30(18)25(33)28-22(24(31)32)12-8-6-4-5-7-11-21-14-13-20-10-9-15-26-23(20)27-21/h13-14,18-19,22H,4-12,15-17H2,1-3H3,(H,26,27)(H,28,33)(H,31,32)/t18-,19+,22-/m0/s1. The first kappa shape index (κ1) is 25.3. The van der Waals surface area contributed by atoms with Crippen LogP contribution in [0.25, 0.3) is 0 Å². The van der Waals surface area contributed by atoms with Crippen molar-refractivity contribution < 1.29 is 14.7 Å². The van der Waals surface area contributed by atoms with Gasteiger partial charge in [-0.3, -0.25) is 0 Å². The van der Waals surface area contributed by atoms with Crippen LogP contribution in [0.4, 0.5) is 10.6 Å². The Morgan fingerprint density at radius 1 is 1.15 bits per heavy atom. The molecule has 33 heavy (non-hydrogen) atoms. The number of urea groups is 1. The van der Waals surface area contributed by atoms with Gasteiger partial charge < -0.3 is 25.5 Å². The number of aliphatic carboxylic acids is 1. The molecule has 184 valence electrons. The number of rotatable bonds is 10. The van der Waals surface area contributed by atoms with Crippen LogP contribution < -0.4 is 10.6 Å². The fraction of sp³-hybridized carbons (Fsp3) is 0.720. The number of aromatic nitrogens is 1. The van der Waals surface area contributed by atoms with Crippen molar-refractivity contribution in [1.82, 2.24) is 20.1 Å². The fourth-order valence-electron chi connectivity index (χ4n) is 5.16. The van der Waals surface area contributed by atoms with Gasteiger partial charge in [-0.25, -0.2) is 14.6 Å². The molecule has 8 nitrogen and oxygen atoms in total. The summed E-state index contributed by atoms with van der Waals surface area (Å²) in [6, 6.07) is 3.38. The smallest absolute Gasteiger partial charge is 0.326 e. The number of likely N-dealkylation sites (N-methyl/N-ethyl adjacent to an activating group) is 1. The molecule has 3 heterocycles. The van der Waals surface area contributed by atoms with E-state index in [0.29, 0.717) is 6.42 Å². The summed E-state index contributed by atoms with van der Waals surface area (Å²) in [6.07, 6.45) is 8.76. The van der Waals surface area contributed by atoms with Gasteiger partial charge in [-0.2, -0.15) is 0 Å². The van der Waals surface area contributed by atoms with Crippen molar-refractivity contribution in [2.45, 2.75) is 89.8 Å². The number of pyridine rings is 1. The molecule has 0 radical (unpaired) electrons. The Morgan fingerprint density at radius 3 is 2.58 bits per heavy atom. The van der Waals surface area contributed by atoms with Crippen molar-refractivity contribution in [2.75, 3.05) is 32.0 Å². The highest BCUT2D eigenvalue weighted by molar-refractivity contribution is 5.83. The number of nitrogens with one attached hydrogen (secondary N) is 2. The third-order valence-corrected chi connectivity index (χ3v) is 6.81. The SMILES string of the molecule is C[C@@H]1CN(C)C[C@H](C)N1C(=O)N[C@@H](CCCCCCCc1ccc2c(n1)NCCC2)C(=O)O. The van der Waals surface area contributed by atoms with Crippen LogP contribution in [-0.2, 0) is 17.6 Å². The zero-order valence-electron chi connectivity index (χ0n) is 20.5. The summed E-state index contributed by atoms with van der Waals surface area (Å²) in [5.41, 5.74) is 2.46. The normalized spacial score (nSPS) is 21.7. The molecule has 0 unspecified atom stereocenters. The molecule has 2 aliphatic rings. The first-order valence-electron chi connectivity index (χ1n) is 12.6. The Bertz CT molecular complexity index is 790. The number of fused-ring (bicyclic) bond motifs is 1. The molecular formula is C25H41N5O3. The van der Waals surface area contributed by atoms with Crippen molar-refractivity contribution in [2.24, 2.45) is 0 Å². The molecule has 0 saturated carbocycles. The van der Waals surface area contributed by atoms with Gasteiger partial charge in [0.1, 0.15) is 11.9 Å². The lowest BCUT2D eigenvalue weighted by Crippen LogP contribution is -2.61. The Kier molecular flexibility index (Phi) is 9.35. The number of amides is 2. The van der Waals surface area contributed by atoms with E-state index in [2.05, 4.69) is 27.7 Å². The van der Waals surface area contributed by atoms with Gasteiger partial charge in [0.05, 0.1) is 0 Å². The molecule has 2 aliphatic heterocycles. The average molecular weight is 460 g/mol. The molecule has 8 heteroatoms. The number of hydrogen-bond acceptors (Lipinski definition) is 5. The Labute approximate surface area is 198 Å². The van der Waals surface area contributed by atoms with E-state index >= 15 is 0 Å². The second kappa shape index (κ2) is 12.2. The summed E-state index contributed by atoms with van der Waals surface area (Å²) in [4.78, 5) is 33.2. The molecule has 3 rings (SSSR count). The summed E-state index contributed by atoms with van der Waals surface area (Å²) < 4.78 is 0. The summed E-state index contributed by atoms with van der Waals surface area (Å²) >= 11 is 0. The molecule has 0 aromatic carbocycles. The van der Waals surface area contributed by atoms with Crippen molar-refractivity contribution in [3.8, 4) is 0 Å². The second-order valence-corrected chi connectivity index (χ2v) is 9.81. The van der Waals surface area contributed by atoms with Gasteiger partial charge >= 0.3 is 12.0 Å². The van der Waals surface area contributed by atoms with Gasteiger partial charge in [-0.15, -0.1) is 0 Å². The minimum atomic E-state index is -0.954. The molecule has 0 aliphatic carbocycles. The predicted octanol–water partition coefficient (Wildman–Crippen LogP) is 3.51. The van der Waals surface area contributed by atoms with Crippen molar-refractivity contribution in [3.05, 3.63) is 23.4 Å². The molecule has 1 saturated heterocycles. The van der Waals surface area contributed by atoms with Crippen LogP contribution >= 0.6 is 0 Å². The van der Waals surface area contributed by atoms with Crippen LogP contribution in [0.3, 0.4) is 0 Å². The molecule has 3 N–H and O–H groups in total. The lowest BCUT2D eigenvalue weighted by molar-refractivity contribution is -0.139.